The second-order valence-corrected chi connectivity index (χ2v) is 4.90. The van der Waals surface area contributed by atoms with Crippen LogP contribution in [0.2, 0.25) is 5.02 Å². The fourth-order valence-corrected chi connectivity index (χ4v) is 2.17. The number of aryl methyl sites for hydroxylation is 1. The van der Waals surface area contributed by atoms with Gasteiger partial charge in [-0.3, -0.25) is 4.79 Å². The molecule has 0 spiro atoms. The zero-order valence-electron chi connectivity index (χ0n) is 11.5. The van der Waals surface area contributed by atoms with Crippen LogP contribution in [0.25, 0.3) is 0 Å². The number of hydrogen-bond acceptors (Lipinski definition) is 2. The Morgan fingerprint density at radius 3 is 2.71 bits per heavy atom. The first kappa shape index (κ1) is 15.3. The summed E-state index contributed by atoms with van der Waals surface area (Å²) in [6.07, 6.45) is 0.549. The molecule has 2 aromatic carbocycles. The molecule has 3 nitrogen and oxygen atoms in total. The molecule has 0 fully saturated rings. The molecule has 1 N–H and O–H groups in total. The maximum absolute atomic E-state index is 13.4. The molecule has 0 saturated carbocycles. The van der Waals surface area contributed by atoms with Crippen LogP contribution in [0.3, 0.4) is 0 Å². The minimum absolute atomic E-state index is 0.195. The predicted octanol–water partition coefficient (Wildman–Crippen LogP) is 4.06. The number of benzene rings is 2. The van der Waals surface area contributed by atoms with E-state index in [4.69, 9.17) is 16.3 Å². The Morgan fingerprint density at radius 1 is 1.29 bits per heavy atom. The van der Waals surface area contributed by atoms with E-state index >= 15 is 0 Å². The van der Waals surface area contributed by atoms with Crippen LogP contribution >= 0.6 is 11.6 Å². The summed E-state index contributed by atoms with van der Waals surface area (Å²) in [5.74, 6) is 0.0540. The summed E-state index contributed by atoms with van der Waals surface area (Å²) in [6, 6.07) is 11.4. The summed E-state index contributed by atoms with van der Waals surface area (Å²) in [4.78, 5) is 11.9. The number of hydrogen-bond donors (Lipinski definition) is 1. The topological polar surface area (TPSA) is 38.3 Å². The molecule has 110 valence electrons. The first-order valence-corrected chi connectivity index (χ1v) is 6.84. The van der Waals surface area contributed by atoms with E-state index in [1.54, 1.807) is 36.4 Å². The van der Waals surface area contributed by atoms with Crippen molar-refractivity contribution in [3.05, 3.63) is 58.9 Å². The molecule has 0 radical (unpaired) electrons. The monoisotopic (exact) mass is 307 g/mol. The van der Waals surface area contributed by atoms with Crippen LogP contribution in [0, 0.1) is 5.82 Å². The van der Waals surface area contributed by atoms with Crippen LogP contribution < -0.4 is 10.1 Å². The number of halogens is 2. The average Bonchev–Trinajstić information content (AvgIpc) is 2.46. The van der Waals surface area contributed by atoms with Crippen LogP contribution in [-0.4, -0.2) is 13.0 Å². The van der Waals surface area contributed by atoms with Gasteiger partial charge in [0, 0.05) is 12.1 Å². The van der Waals surface area contributed by atoms with Gasteiger partial charge in [0.15, 0.2) is 0 Å². The lowest BCUT2D eigenvalue weighted by Crippen LogP contribution is -2.12. The number of nitrogens with one attached hydrogen (secondary N) is 1. The molecule has 0 aliphatic rings. The summed E-state index contributed by atoms with van der Waals surface area (Å²) < 4.78 is 18.5. The molecule has 0 heterocycles. The number of carbonyl (C=O) groups excluding carboxylic acids is 1. The summed E-state index contributed by atoms with van der Waals surface area (Å²) >= 11 is 5.98. The number of rotatable bonds is 5. The third kappa shape index (κ3) is 4.20. The highest BCUT2D eigenvalue weighted by Crippen LogP contribution is 2.27. The fraction of sp³-hybridized carbons (Fsp3) is 0.188. The molecule has 0 atom stereocenters. The third-order valence-electron chi connectivity index (χ3n) is 3.01. The zero-order chi connectivity index (χ0) is 15.2. The van der Waals surface area contributed by atoms with Gasteiger partial charge in [0.2, 0.25) is 5.91 Å². The average molecular weight is 308 g/mol. The van der Waals surface area contributed by atoms with Crippen LogP contribution in [0.4, 0.5) is 10.1 Å². The van der Waals surface area contributed by atoms with Crippen LogP contribution in [0.1, 0.15) is 12.0 Å². The normalized spacial score (nSPS) is 10.2. The second kappa shape index (κ2) is 7.09. The van der Waals surface area contributed by atoms with Gasteiger partial charge in [-0.05, 0) is 36.2 Å². The second-order valence-electron chi connectivity index (χ2n) is 4.49. The Balaban J connectivity index is 1.93. The van der Waals surface area contributed by atoms with Gasteiger partial charge in [0.1, 0.15) is 11.6 Å². The van der Waals surface area contributed by atoms with Gasteiger partial charge in [-0.25, -0.2) is 4.39 Å². The van der Waals surface area contributed by atoms with Crippen molar-refractivity contribution in [2.75, 3.05) is 12.4 Å². The fourth-order valence-electron chi connectivity index (χ4n) is 1.92. The molecule has 0 unspecified atom stereocenters. The smallest absolute Gasteiger partial charge is 0.224 e. The van der Waals surface area contributed by atoms with E-state index in [1.165, 1.54) is 13.2 Å². The lowest BCUT2D eigenvalue weighted by Gasteiger charge is -2.08. The van der Waals surface area contributed by atoms with E-state index in [0.29, 0.717) is 28.4 Å². The Labute approximate surface area is 127 Å². The van der Waals surface area contributed by atoms with Crippen molar-refractivity contribution >= 4 is 23.2 Å². The highest BCUT2D eigenvalue weighted by atomic mass is 35.5. The van der Waals surface area contributed by atoms with Crippen molar-refractivity contribution in [3.8, 4) is 5.75 Å². The number of carbonyl (C=O) groups is 1. The minimum Gasteiger partial charge on any atom is -0.495 e. The quantitative estimate of drug-likeness (QED) is 0.904. The number of ether oxygens (including phenoxy) is 1. The van der Waals surface area contributed by atoms with E-state index in [0.717, 1.165) is 0 Å². The lowest BCUT2D eigenvalue weighted by molar-refractivity contribution is -0.116. The molecule has 0 aliphatic carbocycles. The van der Waals surface area contributed by atoms with E-state index in [9.17, 15) is 9.18 Å². The molecule has 0 aliphatic heterocycles. The highest BCUT2D eigenvalue weighted by Gasteiger charge is 2.08. The maximum Gasteiger partial charge on any atom is 0.224 e. The minimum atomic E-state index is -0.294. The molecule has 5 heteroatoms. The van der Waals surface area contributed by atoms with Crippen LogP contribution in [0.5, 0.6) is 5.75 Å². The molecule has 0 aromatic heterocycles. The third-order valence-corrected chi connectivity index (χ3v) is 3.31. The van der Waals surface area contributed by atoms with Crippen LogP contribution in [0.15, 0.2) is 42.5 Å². The van der Waals surface area contributed by atoms with Gasteiger partial charge in [-0.1, -0.05) is 29.8 Å². The van der Waals surface area contributed by atoms with E-state index in [2.05, 4.69) is 5.32 Å². The first-order valence-electron chi connectivity index (χ1n) is 6.47. The Hall–Kier alpha value is -2.07. The molecule has 1 amide bonds. The van der Waals surface area contributed by atoms with E-state index < -0.39 is 0 Å². The summed E-state index contributed by atoms with van der Waals surface area (Å²) in [6.45, 7) is 0. The standard InChI is InChI=1S/C16H15ClFNO2/c1-21-15-8-7-12(10-13(15)17)19-16(20)9-6-11-4-2-3-5-14(11)18/h2-5,7-8,10H,6,9H2,1H3,(H,19,20). The summed E-state index contributed by atoms with van der Waals surface area (Å²) in [5.41, 5.74) is 1.11. The summed E-state index contributed by atoms with van der Waals surface area (Å²) in [5, 5.41) is 3.14. The number of methoxy groups -OCH3 is 1. The molecular formula is C16H15ClFNO2. The van der Waals surface area contributed by atoms with Crippen molar-refractivity contribution in [1.29, 1.82) is 0 Å². The Kier molecular flexibility index (Phi) is 5.17. The van der Waals surface area contributed by atoms with E-state index in [-0.39, 0.29) is 18.1 Å². The maximum atomic E-state index is 13.4. The summed E-state index contributed by atoms with van der Waals surface area (Å²) in [7, 11) is 1.52. The van der Waals surface area contributed by atoms with Gasteiger partial charge < -0.3 is 10.1 Å². The zero-order valence-corrected chi connectivity index (χ0v) is 12.3. The Morgan fingerprint density at radius 2 is 2.05 bits per heavy atom. The van der Waals surface area contributed by atoms with Gasteiger partial charge in [-0.15, -0.1) is 0 Å². The number of amides is 1. The van der Waals surface area contributed by atoms with Gasteiger partial charge in [0.05, 0.1) is 12.1 Å². The van der Waals surface area contributed by atoms with Crippen molar-refractivity contribution in [3.63, 3.8) is 0 Å². The van der Waals surface area contributed by atoms with Crippen molar-refractivity contribution in [1.82, 2.24) is 0 Å². The van der Waals surface area contributed by atoms with Gasteiger partial charge >= 0.3 is 0 Å². The molecular weight excluding hydrogens is 293 g/mol. The highest BCUT2D eigenvalue weighted by molar-refractivity contribution is 6.32. The largest absolute Gasteiger partial charge is 0.495 e. The predicted molar refractivity (Wildman–Crippen MR) is 81.4 cm³/mol. The van der Waals surface area contributed by atoms with Gasteiger partial charge in [-0.2, -0.15) is 0 Å². The molecule has 2 rings (SSSR count). The van der Waals surface area contributed by atoms with Crippen molar-refractivity contribution < 1.29 is 13.9 Å². The Bertz CT molecular complexity index is 646. The molecule has 21 heavy (non-hydrogen) atoms. The first-order chi connectivity index (χ1) is 10.1. The van der Waals surface area contributed by atoms with E-state index in [1.807, 2.05) is 0 Å². The molecule has 2 aromatic rings. The van der Waals surface area contributed by atoms with Crippen LogP contribution in [-0.2, 0) is 11.2 Å². The van der Waals surface area contributed by atoms with Gasteiger partial charge in [0.25, 0.3) is 0 Å². The molecule has 0 bridgehead atoms. The molecule has 0 saturated heterocycles. The number of anilines is 1. The lowest BCUT2D eigenvalue weighted by atomic mass is 10.1. The van der Waals surface area contributed by atoms with Crippen molar-refractivity contribution in [2.45, 2.75) is 12.8 Å². The van der Waals surface area contributed by atoms with Crippen molar-refractivity contribution in [2.24, 2.45) is 0 Å². The SMILES string of the molecule is COc1ccc(NC(=O)CCc2ccccc2F)cc1Cl.